The number of hydrogen-bond donors (Lipinski definition) is 2. The monoisotopic (exact) mass is 348 g/mol. The van der Waals surface area contributed by atoms with Crippen molar-refractivity contribution < 1.29 is 4.79 Å². The van der Waals surface area contributed by atoms with E-state index < -0.39 is 5.91 Å². The molecule has 26 heavy (non-hydrogen) atoms. The number of fused-ring (bicyclic) bond motifs is 1. The molecule has 0 aliphatic carbocycles. The molecule has 0 atom stereocenters. The van der Waals surface area contributed by atoms with Gasteiger partial charge < -0.3 is 15.6 Å². The molecular formula is C21H24N4O. The summed E-state index contributed by atoms with van der Waals surface area (Å²) in [5.41, 5.74) is 11.0. The van der Waals surface area contributed by atoms with E-state index in [9.17, 15) is 4.79 Å². The molecule has 2 aromatic heterocycles. The number of hydrogen-bond acceptors (Lipinski definition) is 3. The normalized spacial score (nSPS) is 15.5. The van der Waals surface area contributed by atoms with E-state index in [1.165, 1.54) is 22.0 Å². The molecule has 3 aromatic rings. The van der Waals surface area contributed by atoms with Gasteiger partial charge in [-0.3, -0.25) is 9.78 Å². The Morgan fingerprint density at radius 3 is 2.85 bits per heavy atom. The Bertz CT molecular complexity index is 938. The lowest BCUT2D eigenvalue weighted by Gasteiger charge is -2.34. The number of primary amides is 1. The second kappa shape index (κ2) is 6.83. The number of pyridine rings is 1. The van der Waals surface area contributed by atoms with Crippen LogP contribution >= 0.6 is 0 Å². The molecule has 0 radical (unpaired) electrons. The molecule has 0 saturated carbocycles. The Balaban J connectivity index is 1.56. The number of amides is 1. The molecule has 1 amide bonds. The van der Waals surface area contributed by atoms with Crippen molar-refractivity contribution in [3.05, 3.63) is 59.5 Å². The zero-order valence-corrected chi connectivity index (χ0v) is 15.0. The van der Waals surface area contributed by atoms with Crippen LogP contribution in [-0.2, 0) is 6.42 Å². The third-order valence-corrected chi connectivity index (χ3v) is 5.55. The second-order valence-corrected chi connectivity index (χ2v) is 6.96. The van der Waals surface area contributed by atoms with Crippen LogP contribution in [0.3, 0.4) is 0 Å². The van der Waals surface area contributed by atoms with E-state index in [-0.39, 0.29) is 0 Å². The smallest absolute Gasteiger partial charge is 0.252 e. The first-order valence-electron chi connectivity index (χ1n) is 9.26. The van der Waals surface area contributed by atoms with Gasteiger partial charge in [-0.2, -0.15) is 0 Å². The maximum atomic E-state index is 11.7. The van der Waals surface area contributed by atoms with Crippen LogP contribution in [0.4, 0.5) is 5.69 Å². The van der Waals surface area contributed by atoms with E-state index in [0.29, 0.717) is 11.5 Å². The van der Waals surface area contributed by atoms with Gasteiger partial charge in [-0.15, -0.1) is 0 Å². The van der Waals surface area contributed by atoms with Crippen molar-refractivity contribution >= 4 is 22.5 Å². The van der Waals surface area contributed by atoms with Crippen molar-refractivity contribution in [2.75, 3.05) is 18.0 Å². The summed E-state index contributed by atoms with van der Waals surface area (Å²) in [7, 11) is 0. The number of benzene rings is 1. The molecule has 1 aliphatic heterocycles. The Kier molecular flexibility index (Phi) is 4.37. The van der Waals surface area contributed by atoms with Gasteiger partial charge in [0.1, 0.15) is 0 Å². The largest absolute Gasteiger partial charge is 0.371 e. The van der Waals surface area contributed by atoms with Gasteiger partial charge in [-0.1, -0.05) is 25.1 Å². The minimum Gasteiger partial charge on any atom is -0.371 e. The minimum atomic E-state index is -0.418. The Hall–Kier alpha value is -2.82. The van der Waals surface area contributed by atoms with Gasteiger partial charge in [0.2, 0.25) is 0 Å². The first-order chi connectivity index (χ1) is 12.7. The fourth-order valence-corrected chi connectivity index (χ4v) is 4.16. The third kappa shape index (κ3) is 2.83. The summed E-state index contributed by atoms with van der Waals surface area (Å²) in [5.74, 6) is 0.116. The molecule has 0 unspecified atom stereocenters. The number of nitrogens with two attached hydrogens (primary N) is 1. The molecule has 1 saturated heterocycles. The average molecular weight is 348 g/mol. The van der Waals surface area contributed by atoms with E-state index in [1.54, 1.807) is 12.4 Å². The van der Waals surface area contributed by atoms with Gasteiger partial charge in [-0.25, -0.2) is 0 Å². The minimum absolute atomic E-state index is 0.418. The highest BCUT2D eigenvalue weighted by atomic mass is 16.1. The molecule has 1 aromatic carbocycles. The summed E-state index contributed by atoms with van der Waals surface area (Å²) in [5, 5.41) is 1.35. The number of H-pyrrole nitrogens is 1. The molecule has 5 heteroatoms. The van der Waals surface area contributed by atoms with Gasteiger partial charge in [0.25, 0.3) is 5.91 Å². The Labute approximate surface area is 153 Å². The first kappa shape index (κ1) is 16.6. The van der Waals surface area contributed by atoms with Gasteiger partial charge >= 0.3 is 0 Å². The Morgan fingerprint density at radius 1 is 1.31 bits per heavy atom. The molecule has 0 spiro atoms. The number of aromatic amines is 1. The number of nitrogens with one attached hydrogen (secondary N) is 1. The molecule has 1 fully saturated rings. The fraction of sp³-hybridized carbons (Fsp3) is 0.333. The standard InChI is InChI=1S/C21H24N4O/c1-2-14-4-3-5-16-17(13-24-20(14)16)15-7-10-25(11-8-15)19-6-9-23-12-18(19)21(22)26/h3-6,9,12-13,15,24H,2,7-8,10-11H2,1H3,(H2,22,26). The van der Waals surface area contributed by atoms with Crippen molar-refractivity contribution in [3.63, 3.8) is 0 Å². The quantitative estimate of drug-likeness (QED) is 0.756. The van der Waals surface area contributed by atoms with Gasteiger partial charge in [0, 0.05) is 42.6 Å². The lowest BCUT2D eigenvalue weighted by Crippen LogP contribution is -2.34. The number of piperidine rings is 1. The maximum Gasteiger partial charge on any atom is 0.252 e. The molecular weight excluding hydrogens is 324 g/mol. The van der Waals surface area contributed by atoms with Crippen LogP contribution in [0.5, 0.6) is 0 Å². The van der Waals surface area contributed by atoms with Crippen LogP contribution < -0.4 is 10.6 Å². The third-order valence-electron chi connectivity index (χ3n) is 5.55. The van der Waals surface area contributed by atoms with E-state index in [0.717, 1.165) is 38.0 Å². The molecule has 1 aliphatic rings. The van der Waals surface area contributed by atoms with Gasteiger partial charge in [-0.05, 0) is 42.4 Å². The predicted octanol–water partition coefficient (Wildman–Crippen LogP) is 3.61. The molecule has 5 nitrogen and oxygen atoms in total. The summed E-state index contributed by atoms with van der Waals surface area (Å²) >= 11 is 0. The molecule has 3 N–H and O–H groups in total. The van der Waals surface area contributed by atoms with E-state index in [2.05, 4.69) is 46.2 Å². The number of nitrogens with zero attached hydrogens (tertiary/aromatic N) is 2. The molecule has 134 valence electrons. The second-order valence-electron chi connectivity index (χ2n) is 6.96. The average Bonchev–Trinajstić information content (AvgIpc) is 3.12. The SMILES string of the molecule is CCc1cccc2c(C3CCN(c4ccncc4C(N)=O)CC3)c[nH]c12. The number of anilines is 1. The lowest BCUT2D eigenvalue weighted by molar-refractivity contribution is 0.100. The Morgan fingerprint density at radius 2 is 2.12 bits per heavy atom. The van der Waals surface area contributed by atoms with Crippen molar-refractivity contribution in [1.29, 1.82) is 0 Å². The van der Waals surface area contributed by atoms with Crippen molar-refractivity contribution in [3.8, 4) is 0 Å². The first-order valence-corrected chi connectivity index (χ1v) is 9.26. The van der Waals surface area contributed by atoms with Gasteiger partial charge in [0.15, 0.2) is 0 Å². The summed E-state index contributed by atoms with van der Waals surface area (Å²) in [6, 6.07) is 8.46. The summed E-state index contributed by atoms with van der Waals surface area (Å²) in [4.78, 5) is 21.5. The number of aromatic nitrogens is 2. The highest BCUT2D eigenvalue weighted by molar-refractivity contribution is 5.98. The fourth-order valence-electron chi connectivity index (χ4n) is 4.16. The van der Waals surface area contributed by atoms with Crippen molar-refractivity contribution in [1.82, 2.24) is 9.97 Å². The van der Waals surface area contributed by atoms with Crippen molar-refractivity contribution in [2.24, 2.45) is 5.73 Å². The van der Waals surface area contributed by atoms with Crippen LogP contribution in [0.25, 0.3) is 10.9 Å². The topological polar surface area (TPSA) is 75.0 Å². The van der Waals surface area contributed by atoms with Gasteiger partial charge in [0.05, 0.1) is 11.3 Å². The predicted molar refractivity (Wildman–Crippen MR) is 105 cm³/mol. The lowest BCUT2D eigenvalue weighted by atomic mass is 9.88. The number of rotatable bonds is 4. The number of carbonyl (C=O) groups is 1. The van der Waals surface area contributed by atoms with Crippen LogP contribution in [0, 0.1) is 0 Å². The van der Waals surface area contributed by atoms with E-state index in [1.807, 2.05) is 6.07 Å². The van der Waals surface area contributed by atoms with Crippen molar-refractivity contribution in [2.45, 2.75) is 32.1 Å². The molecule has 0 bridgehead atoms. The number of para-hydroxylation sites is 1. The summed E-state index contributed by atoms with van der Waals surface area (Å²) in [6.45, 7) is 4.02. The number of aryl methyl sites for hydroxylation is 1. The number of carbonyl (C=O) groups excluding carboxylic acids is 1. The van der Waals surface area contributed by atoms with E-state index in [4.69, 9.17) is 5.73 Å². The van der Waals surface area contributed by atoms with Crippen LogP contribution in [0.1, 0.15) is 47.2 Å². The van der Waals surface area contributed by atoms with E-state index >= 15 is 0 Å². The summed E-state index contributed by atoms with van der Waals surface area (Å²) < 4.78 is 0. The van der Waals surface area contributed by atoms with Crippen LogP contribution in [0.2, 0.25) is 0 Å². The van der Waals surface area contributed by atoms with Crippen LogP contribution in [0.15, 0.2) is 42.9 Å². The highest BCUT2D eigenvalue weighted by Crippen LogP contribution is 2.35. The summed E-state index contributed by atoms with van der Waals surface area (Å²) in [6.07, 6.45) is 8.63. The molecule has 4 rings (SSSR count). The molecule has 3 heterocycles. The maximum absolute atomic E-state index is 11.7. The highest BCUT2D eigenvalue weighted by Gasteiger charge is 2.25. The van der Waals surface area contributed by atoms with Crippen LogP contribution in [-0.4, -0.2) is 29.0 Å². The zero-order chi connectivity index (χ0) is 18.1. The zero-order valence-electron chi connectivity index (χ0n) is 15.0.